The topological polar surface area (TPSA) is 90.7 Å². The van der Waals surface area contributed by atoms with Crippen molar-refractivity contribution in [1.82, 2.24) is 20.1 Å². The Morgan fingerprint density at radius 3 is 2.88 bits per heavy atom. The zero-order chi connectivity index (χ0) is 12.3. The maximum absolute atomic E-state index is 5.94. The fourth-order valence-corrected chi connectivity index (χ4v) is 1.30. The summed E-state index contributed by atoms with van der Waals surface area (Å²) in [5.74, 6) is 1.39. The van der Waals surface area contributed by atoms with Crippen molar-refractivity contribution in [1.29, 1.82) is 0 Å². The van der Waals surface area contributed by atoms with Gasteiger partial charge in [-0.05, 0) is 12.0 Å². The number of nitrogens with zero attached hydrogens (tertiary/aromatic N) is 4. The van der Waals surface area contributed by atoms with Crippen LogP contribution in [0.5, 0.6) is 0 Å². The van der Waals surface area contributed by atoms with Gasteiger partial charge < -0.3 is 10.3 Å². The van der Waals surface area contributed by atoms with E-state index in [0.29, 0.717) is 29.7 Å². The second-order valence-electron chi connectivity index (χ2n) is 4.22. The predicted molar refractivity (Wildman–Crippen MR) is 61.8 cm³/mol. The third kappa shape index (κ3) is 2.85. The molecule has 2 N–H and O–H groups in total. The minimum absolute atomic E-state index is 0.0219. The molecule has 17 heavy (non-hydrogen) atoms. The fourth-order valence-electron chi connectivity index (χ4n) is 1.30. The van der Waals surface area contributed by atoms with Crippen LogP contribution in [-0.2, 0) is 6.42 Å². The highest BCUT2D eigenvalue weighted by molar-refractivity contribution is 5.46. The van der Waals surface area contributed by atoms with Crippen LogP contribution in [0.3, 0.4) is 0 Å². The van der Waals surface area contributed by atoms with Crippen LogP contribution in [-0.4, -0.2) is 26.2 Å². The number of hydrogen-bond donors (Lipinski definition) is 1. The third-order valence-corrected chi connectivity index (χ3v) is 2.55. The van der Waals surface area contributed by atoms with Crippen LogP contribution in [0.15, 0.2) is 23.1 Å². The van der Waals surface area contributed by atoms with Crippen LogP contribution in [0.4, 0.5) is 0 Å². The molecule has 0 aliphatic rings. The minimum Gasteiger partial charge on any atom is -0.339 e. The highest BCUT2D eigenvalue weighted by atomic mass is 16.5. The van der Waals surface area contributed by atoms with E-state index in [4.69, 9.17) is 10.3 Å². The highest BCUT2D eigenvalue weighted by Crippen LogP contribution is 2.13. The summed E-state index contributed by atoms with van der Waals surface area (Å²) in [5.41, 5.74) is 6.59. The highest BCUT2D eigenvalue weighted by Gasteiger charge is 2.15. The summed E-state index contributed by atoms with van der Waals surface area (Å²) in [7, 11) is 0. The monoisotopic (exact) mass is 233 g/mol. The smallest absolute Gasteiger partial charge is 0.228 e. The summed E-state index contributed by atoms with van der Waals surface area (Å²) in [6, 6.07) is 1.76. The average molecular weight is 233 g/mol. The molecule has 0 bridgehead atoms. The zero-order valence-corrected chi connectivity index (χ0v) is 9.87. The van der Waals surface area contributed by atoms with Gasteiger partial charge in [-0.15, -0.1) is 0 Å². The average Bonchev–Trinajstić information content (AvgIpc) is 2.78. The molecule has 2 aromatic heterocycles. The fraction of sp³-hybridized carbons (Fsp3) is 0.455. The molecule has 0 fully saturated rings. The Morgan fingerprint density at radius 1 is 1.41 bits per heavy atom. The van der Waals surface area contributed by atoms with E-state index in [-0.39, 0.29) is 6.04 Å². The molecule has 90 valence electrons. The van der Waals surface area contributed by atoms with E-state index in [1.807, 2.05) is 0 Å². The molecule has 1 atom stereocenters. The quantitative estimate of drug-likeness (QED) is 0.848. The second kappa shape index (κ2) is 5.01. The Hall–Kier alpha value is -1.82. The lowest BCUT2D eigenvalue weighted by molar-refractivity contribution is 0.353. The number of rotatable bonds is 4. The van der Waals surface area contributed by atoms with Crippen molar-refractivity contribution in [3.8, 4) is 11.5 Å². The Kier molecular flexibility index (Phi) is 3.43. The molecule has 0 amide bonds. The van der Waals surface area contributed by atoms with Crippen molar-refractivity contribution < 1.29 is 4.52 Å². The molecule has 0 aliphatic carbocycles. The Morgan fingerprint density at radius 2 is 2.24 bits per heavy atom. The normalized spacial score (nSPS) is 12.9. The van der Waals surface area contributed by atoms with E-state index in [1.54, 1.807) is 12.3 Å². The zero-order valence-electron chi connectivity index (χ0n) is 9.87. The largest absolute Gasteiger partial charge is 0.339 e. The Labute approximate surface area is 99.3 Å². The van der Waals surface area contributed by atoms with Crippen LogP contribution < -0.4 is 5.73 Å². The first-order valence-corrected chi connectivity index (χ1v) is 5.51. The summed E-state index contributed by atoms with van der Waals surface area (Å²) in [5, 5.41) is 3.87. The first-order valence-electron chi connectivity index (χ1n) is 5.51. The Balaban J connectivity index is 2.12. The van der Waals surface area contributed by atoms with Crippen LogP contribution in [0.2, 0.25) is 0 Å². The van der Waals surface area contributed by atoms with Crippen molar-refractivity contribution in [2.24, 2.45) is 11.7 Å². The van der Waals surface area contributed by atoms with E-state index in [2.05, 4.69) is 34.0 Å². The molecule has 0 aliphatic heterocycles. The van der Waals surface area contributed by atoms with Crippen LogP contribution in [0.1, 0.15) is 19.7 Å². The van der Waals surface area contributed by atoms with Gasteiger partial charge in [0.05, 0.1) is 0 Å². The van der Waals surface area contributed by atoms with Gasteiger partial charge in [-0.2, -0.15) is 4.98 Å². The molecule has 6 nitrogen and oxygen atoms in total. The predicted octanol–water partition coefficient (Wildman–Crippen LogP) is 1.05. The number of nitrogens with two attached hydrogens (primary N) is 1. The number of hydrogen-bond acceptors (Lipinski definition) is 6. The molecule has 2 rings (SSSR count). The molecule has 2 heterocycles. The molecule has 0 aromatic carbocycles. The van der Waals surface area contributed by atoms with Crippen LogP contribution in [0, 0.1) is 5.92 Å². The van der Waals surface area contributed by atoms with Crippen molar-refractivity contribution >= 4 is 0 Å². The van der Waals surface area contributed by atoms with Gasteiger partial charge in [-0.25, -0.2) is 9.97 Å². The van der Waals surface area contributed by atoms with Gasteiger partial charge in [0.15, 0.2) is 0 Å². The molecular formula is C11H15N5O. The van der Waals surface area contributed by atoms with Crippen molar-refractivity contribution in [2.75, 3.05) is 0 Å². The lowest BCUT2D eigenvalue weighted by Gasteiger charge is -2.11. The molecule has 0 saturated carbocycles. The van der Waals surface area contributed by atoms with Gasteiger partial charge in [-0.3, -0.25) is 0 Å². The maximum Gasteiger partial charge on any atom is 0.228 e. The van der Waals surface area contributed by atoms with Gasteiger partial charge in [0.1, 0.15) is 12.0 Å². The third-order valence-electron chi connectivity index (χ3n) is 2.55. The molecule has 2 aromatic rings. The van der Waals surface area contributed by atoms with Crippen LogP contribution >= 0.6 is 0 Å². The summed E-state index contributed by atoms with van der Waals surface area (Å²) < 4.78 is 5.14. The van der Waals surface area contributed by atoms with E-state index in [0.717, 1.165) is 0 Å². The standard InChI is InChI=1S/C11H15N5O/c1-7(2)8(12)5-10-15-11(16-17-10)9-3-4-13-6-14-9/h3-4,6-8H,5,12H2,1-2H3. The molecule has 0 saturated heterocycles. The van der Waals surface area contributed by atoms with Crippen molar-refractivity contribution in [3.05, 3.63) is 24.5 Å². The van der Waals surface area contributed by atoms with Gasteiger partial charge in [0.25, 0.3) is 0 Å². The molecule has 0 radical (unpaired) electrons. The second-order valence-corrected chi connectivity index (χ2v) is 4.22. The van der Waals surface area contributed by atoms with E-state index in [9.17, 15) is 0 Å². The lowest BCUT2D eigenvalue weighted by atomic mass is 10.0. The molecular weight excluding hydrogens is 218 g/mol. The van der Waals surface area contributed by atoms with E-state index < -0.39 is 0 Å². The van der Waals surface area contributed by atoms with Gasteiger partial charge in [0, 0.05) is 18.7 Å². The van der Waals surface area contributed by atoms with E-state index in [1.165, 1.54) is 6.33 Å². The maximum atomic E-state index is 5.94. The summed E-state index contributed by atoms with van der Waals surface area (Å²) in [6.45, 7) is 4.12. The first-order chi connectivity index (χ1) is 8.16. The van der Waals surface area contributed by atoms with Gasteiger partial charge in [0.2, 0.25) is 11.7 Å². The SMILES string of the molecule is CC(C)C(N)Cc1nc(-c2ccncn2)no1. The van der Waals surface area contributed by atoms with Gasteiger partial charge >= 0.3 is 0 Å². The summed E-state index contributed by atoms with van der Waals surface area (Å²) in [4.78, 5) is 12.1. The van der Waals surface area contributed by atoms with E-state index >= 15 is 0 Å². The Bertz CT molecular complexity index is 468. The first kappa shape index (κ1) is 11.7. The van der Waals surface area contributed by atoms with Crippen molar-refractivity contribution in [2.45, 2.75) is 26.3 Å². The molecule has 1 unspecified atom stereocenters. The molecule has 6 heteroatoms. The summed E-state index contributed by atoms with van der Waals surface area (Å²) in [6.07, 6.45) is 3.67. The van der Waals surface area contributed by atoms with Crippen LogP contribution in [0.25, 0.3) is 11.5 Å². The van der Waals surface area contributed by atoms with Crippen molar-refractivity contribution in [3.63, 3.8) is 0 Å². The lowest BCUT2D eigenvalue weighted by Crippen LogP contribution is -2.28. The van der Waals surface area contributed by atoms with Gasteiger partial charge in [-0.1, -0.05) is 19.0 Å². The number of aromatic nitrogens is 4. The molecule has 0 spiro atoms. The summed E-state index contributed by atoms with van der Waals surface area (Å²) >= 11 is 0. The minimum atomic E-state index is 0.0219.